The number of thiophene rings is 1. The summed E-state index contributed by atoms with van der Waals surface area (Å²) in [6.45, 7) is 1.60. The maximum absolute atomic E-state index is 12.0. The summed E-state index contributed by atoms with van der Waals surface area (Å²) in [5.41, 5.74) is 0.742. The molecule has 0 aliphatic heterocycles. The van der Waals surface area contributed by atoms with E-state index in [-0.39, 0.29) is 16.3 Å². The first-order valence-electron chi connectivity index (χ1n) is 7.02. The second-order valence-corrected chi connectivity index (χ2v) is 8.16. The van der Waals surface area contributed by atoms with Crippen molar-refractivity contribution in [2.75, 3.05) is 0 Å². The number of ether oxygens (including phenoxy) is 1. The molecule has 0 spiro atoms. The van der Waals surface area contributed by atoms with Gasteiger partial charge in [-0.05, 0) is 24.6 Å². The Labute approximate surface area is 153 Å². The number of nitrogens with two attached hydrogens (primary N) is 1. The van der Waals surface area contributed by atoms with Crippen LogP contribution in [0.25, 0.3) is 0 Å². The van der Waals surface area contributed by atoms with Crippen LogP contribution in [-0.2, 0) is 26.1 Å². The summed E-state index contributed by atoms with van der Waals surface area (Å²) in [7, 11) is -3.88. The average Bonchev–Trinajstić information content (AvgIpc) is 3.04. The van der Waals surface area contributed by atoms with Gasteiger partial charge < -0.3 is 10.1 Å². The lowest BCUT2D eigenvalue weighted by molar-refractivity contribution is -0.129. The Hall–Kier alpha value is -1.94. The summed E-state index contributed by atoms with van der Waals surface area (Å²) in [5, 5.41) is 9.41. The van der Waals surface area contributed by atoms with Crippen LogP contribution in [0.5, 0.6) is 0 Å². The minimum atomic E-state index is -3.88. The zero-order valence-corrected chi connectivity index (χ0v) is 15.5. The molecule has 1 atom stereocenters. The van der Waals surface area contributed by atoms with Crippen LogP contribution in [0.2, 0.25) is 5.02 Å². The molecule has 2 rings (SSSR count). The van der Waals surface area contributed by atoms with E-state index in [9.17, 15) is 18.0 Å². The Kier molecular flexibility index (Phi) is 6.17. The van der Waals surface area contributed by atoms with E-state index in [1.54, 1.807) is 24.3 Å². The highest BCUT2D eigenvalue weighted by molar-refractivity contribution is 7.91. The minimum absolute atomic E-state index is 0.0137. The van der Waals surface area contributed by atoms with Gasteiger partial charge in [-0.3, -0.25) is 4.79 Å². The molecule has 1 amide bonds. The van der Waals surface area contributed by atoms with Crippen LogP contribution in [0.3, 0.4) is 0 Å². The molecule has 1 heterocycles. The Morgan fingerprint density at radius 3 is 2.64 bits per heavy atom. The van der Waals surface area contributed by atoms with Gasteiger partial charge in [0.25, 0.3) is 5.91 Å². The van der Waals surface area contributed by atoms with Crippen LogP contribution < -0.4 is 10.5 Å². The van der Waals surface area contributed by atoms with Crippen LogP contribution in [0.15, 0.2) is 39.9 Å². The van der Waals surface area contributed by atoms with Crippen LogP contribution >= 0.6 is 22.9 Å². The van der Waals surface area contributed by atoms with Crippen molar-refractivity contribution in [3.63, 3.8) is 0 Å². The van der Waals surface area contributed by atoms with Crippen molar-refractivity contribution in [1.29, 1.82) is 0 Å². The largest absolute Gasteiger partial charge is 0.449 e. The van der Waals surface area contributed by atoms with Crippen molar-refractivity contribution in [1.82, 2.24) is 5.32 Å². The van der Waals surface area contributed by atoms with Crippen LogP contribution in [0.1, 0.15) is 22.8 Å². The van der Waals surface area contributed by atoms with Crippen molar-refractivity contribution < 1.29 is 22.7 Å². The molecule has 0 radical (unpaired) electrons. The van der Waals surface area contributed by atoms with Gasteiger partial charge in [-0.25, -0.2) is 18.4 Å². The molecule has 1 aromatic carbocycles. The molecule has 2 aromatic rings. The third kappa shape index (κ3) is 5.27. The summed E-state index contributed by atoms with van der Waals surface area (Å²) in [4.78, 5) is 24.0. The van der Waals surface area contributed by atoms with Gasteiger partial charge >= 0.3 is 5.97 Å². The molecule has 0 aliphatic carbocycles. The Morgan fingerprint density at radius 2 is 2.04 bits per heavy atom. The first-order valence-corrected chi connectivity index (χ1v) is 9.82. The van der Waals surface area contributed by atoms with E-state index in [0.29, 0.717) is 5.02 Å². The Bertz CT molecular complexity index is 895. The number of benzene rings is 1. The third-order valence-electron chi connectivity index (χ3n) is 3.16. The smallest absolute Gasteiger partial charge is 0.339 e. The Balaban J connectivity index is 1.93. The molecule has 0 fully saturated rings. The van der Waals surface area contributed by atoms with E-state index in [4.69, 9.17) is 21.5 Å². The second-order valence-electron chi connectivity index (χ2n) is 5.06. The standard InChI is InChI=1S/C15H15ClN2O5S2/c1-9(14(19)18-7-10-4-2-3-5-12(10)16)23-15(20)11-6-13(24-8-11)25(17,21)22/h2-6,8-9H,7H2,1H3,(H,18,19)(H2,17,21,22). The molecule has 25 heavy (non-hydrogen) atoms. The fourth-order valence-corrected chi connectivity index (χ4v) is 3.60. The van der Waals surface area contributed by atoms with E-state index in [0.717, 1.165) is 23.0 Å². The van der Waals surface area contributed by atoms with Gasteiger partial charge in [0.15, 0.2) is 6.10 Å². The number of hydrogen-bond donors (Lipinski definition) is 2. The number of carbonyl (C=O) groups excluding carboxylic acids is 2. The highest BCUT2D eigenvalue weighted by Gasteiger charge is 2.21. The average molecular weight is 403 g/mol. The number of carbonyl (C=O) groups is 2. The van der Waals surface area contributed by atoms with E-state index in [1.807, 2.05) is 0 Å². The van der Waals surface area contributed by atoms with Gasteiger partial charge in [0.1, 0.15) is 4.21 Å². The second kappa shape index (κ2) is 7.96. The van der Waals surface area contributed by atoms with Crippen LogP contribution in [0, 0.1) is 0 Å². The SMILES string of the molecule is CC(OC(=O)c1csc(S(N)(=O)=O)c1)C(=O)NCc1ccccc1Cl. The molecule has 1 unspecified atom stereocenters. The first-order chi connectivity index (χ1) is 11.7. The van der Waals surface area contributed by atoms with Gasteiger partial charge in [-0.2, -0.15) is 0 Å². The zero-order chi connectivity index (χ0) is 18.6. The fourth-order valence-electron chi connectivity index (χ4n) is 1.82. The quantitative estimate of drug-likeness (QED) is 0.716. The molecule has 0 saturated carbocycles. The first kappa shape index (κ1) is 19.4. The van der Waals surface area contributed by atoms with Crippen LogP contribution in [-0.4, -0.2) is 26.4 Å². The maximum Gasteiger partial charge on any atom is 0.339 e. The van der Waals surface area contributed by atoms with E-state index in [1.165, 1.54) is 12.3 Å². The lowest BCUT2D eigenvalue weighted by Gasteiger charge is -2.13. The summed E-state index contributed by atoms with van der Waals surface area (Å²) in [6.07, 6.45) is -1.06. The number of rotatable bonds is 6. The lowest BCUT2D eigenvalue weighted by Crippen LogP contribution is -2.35. The summed E-state index contributed by atoms with van der Waals surface area (Å²) >= 11 is 6.80. The van der Waals surface area contributed by atoms with Gasteiger partial charge in [-0.15, -0.1) is 11.3 Å². The molecule has 10 heteroatoms. The molecule has 0 aliphatic rings. The van der Waals surface area contributed by atoms with Crippen molar-refractivity contribution in [3.8, 4) is 0 Å². The molecule has 1 aromatic heterocycles. The van der Waals surface area contributed by atoms with Gasteiger partial charge in [0.2, 0.25) is 10.0 Å². The highest BCUT2D eigenvalue weighted by Crippen LogP contribution is 2.20. The van der Waals surface area contributed by atoms with Gasteiger partial charge in [0, 0.05) is 16.9 Å². The number of primary sulfonamides is 1. The van der Waals surface area contributed by atoms with E-state index in [2.05, 4.69) is 5.32 Å². The molecular formula is C15H15ClN2O5S2. The third-order valence-corrected chi connectivity index (χ3v) is 5.91. The number of sulfonamides is 1. The lowest BCUT2D eigenvalue weighted by atomic mass is 10.2. The number of halogens is 1. The normalized spacial score (nSPS) is 12.4. The van der Waals surface area contributed by atoms with Crippen molar-refractivity contribution >= 4 is 44.8 Å². The van der Waals surface area contributed by atoms with Crippen molar-refractivity contribution in [2.45, 2.75) is 23.8 Å². The monoisotopic (exact) mass is 402 g/mol. The molecule has 0 saturated heterocycles. The predicted octanol–water partition coefficient (Wildman–Crippen LogP) is 1.91. The maximum atomic E-state index is 12.0. The minimum Gasteiger partial charge on any atom is -0.449 e. The summed E-state index contributed by atoms with van der Waals surface area (Å²) in [5.74, 6) is -1.32. The number of hydrogen-bond acceptors (Lipinski definition) is 6. The summed E-state index contributed by atoms with van der Waals surface area (Å²) < 4.78 is 27.3. The molecule has 134 valence electrons. The fraction of sp³-hybridized carbons (Fsp3) is 0.200. The van der Waals surface area contributed by atoms with Crippen molar-refractivity contribution in [3.05, 3.63) is 51.9 Å². The van der Waals surface area contributed by atoms with E-state index < -0.39 is 28.0 Å². The topological polar surface area (TPSA) is 116 Å². The van der Waals surface area contributed by atoms with Crippen molar-refractivity contribution in [2.24, 2.45) is 5.14 Å². The molecule has 0 bridgehead atoms. The molecule has 7 nitrogen and oxygen atoms in total. The molecule has 3 N–H and O–H groups in total. The number of nitrogens with one attached hydrogen (secondary N) is 1. The zero-order valence-electron chi connectivity index (χ0n) is 13.1. The van der Waals surface area contributed by atoms with Gasteiger partial charge in [0.05, 0.1) is 5.56 Å². The molecular weight excluding hydrogens is 388 g/mol. The van der Waals surface area contributed by atoms with Crippen LogP contribution in [0.4, 0.5) is 0 Å². The van der Waals surface area contributed by atoms with E-state index >= 15 is 0 Å². The highest BCUT2D eigenvalue weighted by atomic mass is 35.5. The number of esters is 1. The van der Waals surface area contributed by atoms with Gasteiger partial charge in [-0.1, -0.05) is 29.8 Å². The summed E-state index contributed by atoms with van der Waals surface area (Å²) in [6, 6.07) is 8.13. The Morgan fingerprint density at radius 1 is 1.36 bits per heavy atom. The number of amides is 1. The predicted molar refractivity (Wildman–Crippen MR) is 93.9 cm³/mol.